The summed E-state index contributed by atoms with van der Waals surface area (Å²) in [5.74, 6) is -0.556. The third-order valence-electron chi connectivity index (χ3n) is 2.51. The van der Waals surface area contributed by atoms with E-state index in [1.165, 1.54) is 5.56 Å². The van der Waals surface area contributed by atoms with Crippen molar-refractivity contribution in [2.24, 2.45) is 11.7 Å². The highest BCUT2D eigenvalue weighted by Crippen LogP contribution is 2.02. The Bertz CT molecular complexity index is 339. The normalized spacial score (nSPS) is 11.6. The average Bonchev–Trinajstić information content (AvgIpc) is 2.37. The molecule has 0 aliphatic heterocycles. The standard InChI is InChI=1S/C9H12O.C6H13NO2/c10-8-4-7-9-5-2-1-3-6-9;1-4(2)3-5(7)6(8)9/h1-3,5-6,10H,4,7-8H2;4-5H,3,7H2,1-2H3,(H,8,9). The summed E-state index contributed by atoms with van der Waals surface area (Å²) in [7, 11) is 0. The molecule has 1 atom stereocenters. The van der Waals surface area contributed by atoms with Crippen molar-refractivity contribution in [3.05, 3.63) is 35.9 Å². The number of nitrogens with two attached hydrogens (primary N) is 1. The number of rotatable bonds is 6. The SMILES string of the molecule is CC(C)CC(N)C(=O)O.OCCCc1ccccc1. The van der Waals surface area contributed by atoms with E-state index >= 15 is 0 Å². The molecular formula is C15H25NO3. The third-order valence-corrected chi connectivity index (χ3v) is 2.51. The van der Waals surface area contributed by atoms with Crippen LogP contribution in [0.4, 0.5) is 0 Å². The van der Waals surface area contributed by atoms with Crippen LogP contribution in [0.5, 0.6) is 0 Å². The number of carboxylic acid groups (broad SMARTS) is 1. The predicted molar refractivity (Wildman–Crippen MR) is 76.9 cm³/mol. The van der Waals surface area contributed by atoms with E-state index in [0.717, 1.165) is 12.8 Å². The molecule has 0 amide bonds. The molecule has 0 saturated heterocycles. The molecule has 0 fully saturated rings. The van der Waals surface area contributed by atoms with Crippen molar-refractivity contribution in [2.75, 3.05) is 6.61 Å². The molecule has 0 aliphatic rings. The van der Waals surface area contributed by atoms with E-state index in [1.807, 2.05) is 32.0 Å². The van der Waals surface area contributed by atoms with Crippen molar-refractivity contribution in [1.29, 1.82) is 0 Å². The molecule has 1 aromatic carbocycles. The molecule has 0 radical (unpaired) electrons. The molecule has 4 N–H and O–H groups in total. The number of aliphatic hydroxyl groups is 1. The Hall–Kier alpha value is -1.39. The first-order valence-corrected chi connectivity index (χ1v) is 6.60. The minimum absolute atomic E-state index is 0.287. The van der Waals surface area contributed by atoms with Crippen LogP contribution in [0.15, 0.2) is 30.3 Å². The highest BCUT2D eigenvalue weighted by Gasteiger charge is 2.11. The van der Waals surface area contributed by atoms with Gasteiger partial charge < -0.3 is 15.9 Å². The molecule has 1 unspecified atom stereocenters. The Kier molecular flexibility index (Phi) is 9.75. The van der Waals surface area contributed by atoms with Gasteiger partial charge in [-0.15, -0.1) is 0 Å². The van der Waals surface area contributed by atoms with Gasteiger partial charge in [0.2, 0.25) is 0 Å². The van der Waals surface area contributed by atoms with Crippen LogP contribution in [0, 0.1) is 5.92 Å². The summed E-state index contributed by atoms with van der Waals surface area (Å²) in [5.41, 5.74) is 6.52. The molecule has 1 rings (SSSR count). The van der Waals surface area contributed by atoms with E-state index < -0.39 is 12.0 Å². The van der Waals surface area contributed by atoms with E-state index in [0.29, 0.717) is 12.3 Å². The number of benzene rings is 1. The molecule has 4 heteroatoms. The summed E-state index contributed by atoms with van der Waals surface area (Å²) < 4.78 is 0. The molecule has 1 aromatic rings. The van der Waals surface area contributed by atoms with Gasteiger partial charge in [0.1, 0.15) is 6.04 Å². The fraction of sp³-hybridized carbons (Fsp3) is 0.533. The van der Waals surface area contributed by atoms with Gasteiger partial charge in [-0.2, -0.15) is 0 Å². The van der Waals surface area contributed by atoms with E-state index in [-0.39, 0.29) is 6.61 Å². The minimum atomic E-state index is -0.913. The summed E-state index contributed by atoms with van der Waals surface area (Å²) in [6.07, 6.45) is 2.40. The second-order valence-corrected chi connectivity index (χ2v) is 4.89. The van der Waals surface area contributed by atoms with Gasteiger partial charge in [-0.1, -0.05) is 44.2 Å². The number of carboxylic acids is 1. The Morgan fingerprint density at radius 2 is 1.84 bits per heavy atom. The molecule has 0 spiro atoms. The molecule has 0 aromatic heterocycles. The van der Waals surface area contributed by atoms with Gasteiger partial charge in [0, 0.05) is 6.61 Å². The first-order valence-electron chi connectivity index (χ1n) is 6.60. The highest BCUT2D eigenvalue weighted by molar-refractivity contribution is 5.72. The van der Waals surface area contributed by atoms with E-state index in [2.05, 4.69) is 12.1 Å². The lowest BCUT2D eigenvalue weighted by molar-refractivity contribution is -0.138. The zero-order chi connectivity index (χ0) is 14.7. The zero-order valence-electron chi connectivity index (χ0n) is 11.7. The van der Waals surface area contributed by atoms with Crippen molar-refractivity contribution in [3.63, 3.8) is 0 Å². The van der Waals surface area contributed by atoms with Crippen molar-refractivity contribution in [2.45, 2.75) is 39.2 Å². The first-order chi connectivity index (χ1) is 8.97. The number of aliphatic hydroxyl groups excluding tert-OH is 1. The van der Waals surface area contributed by atoms with Crippen molar-refractivity contribution in [3.8, 4) is 0 Å². The molecule has 19 heavy (non-hydrogen) atoms. The van der Waals surface area contributed by atoms with Crippen LogP contribution < -0.4 is 5.73 Å². The van der Waals surface area contributed by atoms with Crippen LogP contribution in [-0.2, 0) is 11.2 Å². The quantitative estimate of drug-likeness (QED) is 0.736. The summed E-state index contributed by atoms with van der Waals surface area (Å²) in [4.78, 5) is 10.1. The zero-order valence-corrected chi connectivity index (χ0v) is 11.7. The average molecular weight is 267 g/mol. The highest BCUT2D eigenvalue weighted by atomic mass is 16.4. The number of hydrogen-bond donors (Lipinski definition) is 3. The second kappa shape index (κ2) is 10.5. The van der Waals surface area contributed by atoms with Gasteiger partial charge in [0.25, 0.3) is 0 Å². The second-order valence-electron chi connectivity index (χ2n) is 4.89. The Balaban J connectivity index is 0.000000344. The maximum Gasteiger partial charge on any atom is 0.320 e. The van der Waals surface area contributed by atoms with Gasteiger partial charge in [0.05, 0.1) is 0 Å². The monoisotopic (exact) mass is 267 g/mol. The molecule has 0 saturated carbocycles. The Labute approximate surface area is 115 Å². The van der Waals surface area contributed by atoms with Crippen LogP contribution in [0.1, 0.15) is 32.3 Å². The predicted octanol–water partition coefficient (Wildman–Crippen LogP) is 2.06. The van der Waals surface area contributed by atoms with Gasteiger partial charge in [-0.05, 0) is 30.7 Å². The van der Waals surface area contributed by atoms with Gasteiger partial charge in [0.15, 0.2) is 0 Å². The fourth-order valence-corrected chi connectivity index (χ4v) is 1.54. The van der Waals surface area contributed by atoms with Crippen LogP contribution in [0.25, 0.3) is 0 Å². The van der Waals surface area contributed by atoms with E-state index in [9.17, 15) is 4.79 Å². The molecule has 0 bridgehead atoms. The molecule has 4 nitrogen and oxygen atoms in total. The summed E-state index contributed by atoms with van der Waals surface area (Å²) >= 11 is 0. The van der Waals surface area contributed by atoms with Gasteiger partial charge >= 0.3 is 5.97 Å². The summed E-state index contributed by atoms with van der Waals surface area (Å²) in [5, 5.41) is 16.8. The van der Waals surface area contributed by atoms with E-state index in [1.54, 1.807) is 0 Å². The molecule has 0 aliphatic carbocycles. The number of aliphatic carboxylic acids is 1. The Morgan fingerprint density at radius 1 is 1.26 bits per heavy atom. The molecule has 108 valence electrons. The summed E-state index contributed by atoms with van der Waals surface area (Å²) in [6, 6.07) is 9.51. The lowest BCUT2D eigenvalue weighted by Gasteiger charge is -2.07. The lowest BCUT2D eigenvalue weighted by Crippen LogP contribution is -2.31. The molecule has 0 heterocycles. The van der Waals surface area contributed by atoms with E-state index in [4.69, 9.17) is 15.9 Å². The Morgan fingerprint density at radius 3 is 2.21 bits per heavy atom. The number of aryl methyl sites for hydroxylation is 1. The first kappa shape index (κ1) is 17.6. The number of carbonyl (C=O) groups is 1. The third kappa shape index (κ3) is 10.2. The topological polar surface area (TPSA) is 83.6 Å². The van der Waals surface area contributed by atoms with Crippen LogP contribution >= 0.6 is 0 Å². The number of hydrogen-bond acceptors (Lipinski definition) is 3. The maximum absolute atomic E-state index is 10.1. The van der Waals surface area contributed by atoms with Gasteiger partial charge in [-0.3, -0.25) is 4.79 Å². The van der Waals surface area contributed by atoms with Crippen molar-refractivity contribution in [1.82, 2.24) is 0 Å². The fourth-order valence-electron chi connectivity index (χ4n) is 1.54. The maximum atomic E-state index is 10.1. The van der Waals surface area contributed by atoms with Crippen LogP contribution in [0.2, 0.25) is 0 Å². The summed E-state index contributed by atoms with van der Waals surface area (Å²) in [6.45, 7) is 4.18. The largest absolute Gasteiger partial charge is 0.480 e. The lowest BCUT2D eigenvalue weighted by atomic mass is 10.1. The van der Waals surface area contributed by atoms with Crippen molar-refractivity contribution < 1.29 is 15.0 Å². The van der Waals surface area contributed by atoms with Gasteiger partial charge in [-0.25, -0.2) is 0 Å². The van der Waals surface area contributed by atoms with Crippen molar-refractivity contribution >= 4 is 5.97 Å². The molecular weight excluding hydrogens is 242 g/mol. The minimum Gasteiger partial charge on any atom is -0.480 e. The van der Waals surface area contributed by atoms with Crippen LogP contribution in [0.3, 0.4) is 0 Å². The van der Waals surface area contributed by atoms with Crippen LogP contribution in [-0.4, -0.2) is 28.8 Å². The smallest absolute Gasteiger partial charge is 0.320 e.